The molecule has 0 aliphatic rings. The van der Waals surface area contributed by atoms with Crippen LogP contribution in [0.4, 0.5) is 0 Å². The van der Waals surface area contributed by atoms with E-state index < -0.39 is 8.07 Å². The average molecular weight is 653 g/mol. The fourth-order valence-electron chi connectivity index (χ4n) is 7.51. The van der Waals surface area contributed by atoms with Gasteiger partial charge in [-0.3, -0.25) is 0 Å². The first-order chi connectivity index (χ1) is 24.7. The zero-order valence-corrected chi connectivity index (χ0v) is 28.0. The average Bonchev–Trinajstić information content (AvgIpc) is 3.52. The van der Waals surface area contributed by atoms with Crippen LogP contribution in [-0.2, 0) is 0 Å². The molecule has 8 rings (SSSR count). The molecular formula is C45H28N4Si. The van der Waals surface area contributed by atoms with Crippen LogP contribution in [0, 0.1) is 34.0 Å². The minimum Gasteiger partial charge on any atom is -0.309 e. The topological polar surface area (TPSA) is 76.3 Å². The molecule has 0 unspecified atom stereocenters. The van der Waals surface area contributed by atoms with E-state index in [4.69, 9.17) is 0 Å². The summed E-state index contributed by atoms with van der Waals surface area (Å²) in [6.45, 7) is 0. The molecule has 0 aliphatic heterocycles. The molecule has 232 valence electrons. The van der Waals surface area contributed by atoms with Crippen molar-refractivity contribution in [3.63, 3.8) is 0 Å². The highest BCUT2D eigenvalue weighted by Gasteiger charge is 2.43. The smallest absolute Gasteiger partial charge is 0.180 e. The molecule has 0 aliphatic carbocycles. The number of benzene rings is 7. The van der Waals surface area contributed by atoms with Crippen molar-refractivity contribution in [3.05, 3.63) is 187 Å². The van der Waals surface area contributed by atoms with Gasteiger partial charge >= 0.3 is 0 Å². The lowest BCUT2D eigenvalue weighted by atomic mass is 9.99. The van der Waals surface area contributed by atoms with E-state index in [-0.39, 0.29) is 0 Å². The number of nitrogens with zero attached hydrogens (tertiary/aromatic N) is 4. The zero-order valence-electron chi connectivity index (χ0n) is 27.0. The quantitative estimate of drug-likeness (QED) is 0.138. The number of aromatic nitrogens is 1. The van der Waals surface area contributed by atoms with Crippen molar-refractivity contribution in [3.8, 4) is 35.0 Å². The van der Waals surface area contributed by atoms with Crippen molar-refractivity contribution >= 4 is 50.6 Å². The van der Waals surface area contributed by atoms with Crippen LogP contribution < -0.4 is 20.7 Å². The van der Waals surface area contributed by atoms with Gasteiger partial charge in [0.15, 0.2) is 8.07 Å². The van der Waals surface area contributed by atoms with Crippen molar-refractivity contribution in [2.45, 2.75) is 0 Å². The Balaban J connectivity index is 1.54. The normalized spacial score (nSPS) is 11.1. The van der Waals surface area contributed by atoms with Crippen LogP contribution in [0.2, 0.25) is 0 Å². The van der Waals surface area contributed by atoms with Gasteiger partial charge in [0, 0.05) is 16.3 Å². The third-order valence-corrected chi connectivity index (χ3v) is 14.5. The predicted molar refractivity (Wildman–Crippen MR) is 204 cm³/mol. The predicted octanol–water partition coefficient (Wildman–Crippen LogP) is 7.44. The Labute approximate surface area is 291 Å². The van der Waals surface area contributed by atoms with Gasteiger partial charge in [0.2, 0.25) is 0 Å². The van der Waals surface area contributed by atoms with Gasteiger partial charge in [0.05, 0.1) is 51.6 Å². The van der Waals surface area contributed by atoms with Crippen LogP contribution in [0.5, 0.6) is 0 Å². The summed E-state index contributed by atoms with van der Waals surface area (Å²) in [6.07, 6.45) is 0. The van der Waals surface area contributed by atoms with Crippen LogP contribution in [0.25, 0.3) is 38.6 Å². The summed E-state index contributed by atoms with van der Waals surface area (Å²) < 4.78 is 2.21. The van der Waals surface area contributed by atoms with Crippen LogP contribution in [0.1, 0.15) is 16.7 Å². The maximum atomic E-state index is 10.4. The zero-order chi connectivity index (χ0) is 34.1. The van der Waals surface area contributed by atoms with E-state index >= 15 is 0 Å². The van der Waals surface area contributed by atoms with Gasteiger partial charge in [-0.15, -0.1) is 0 Å². The third-order valence-electron chi connectivity index (χ3n) is 9.63. The number of para-hydroxylation sites is 1. The minimum atomic E-state index is -3.09. The number of hydrogen-bond donors (Lipinski definition) is 0. The molecule has 8 aromatic rings. The SMILES string of the molecule is N#Cc1ccc(-c2ccc(C#N)cc2[Si](c2ccccc2)(c2ccccc2)c2ccccc2)c(-n2c3ccccc3c3cc(C#N)ccc32)c1. The highest BCUT2D eigenvalue weighted by molar-refractivity contribution is 7.20. The van der Waals surface area contributed by atoms with E-state index in [1.807, 2.05) is 72.8 Å². The van der Waals surface area contributed by atoms with E-state index in [1.165, 1.54) is 15.6 Å². The highest BCUT2D eigenvalue weighted by atomic mass is 28.3. The Bertz CT molecular complexity index is 2580. The fourth-order valence-corrected chi connectivity index (χ4v) is 12.5. The summed E-state index contributed by atoms with van der Waals surface area (Å²) in [5.41, 5.74) is 6.40. The molecule has 1 heterocycles. The van der Waals surface area contributed by atoms with Gasteiger partial charge in [0.1, 0.15) is 0 Å². The van der Waals surface area contributed by atoms with Gasteiger partial charge < -0.3 is 4.57 Å². The maximum Gasteiger partial charge on any atom is 0.180 e. The van der Waals surface area contributed by atoms with Crippen molar-refractivity contribution in [1.29, 1.82) is 15.8 Å². The molecule has 0 fully saturated rings. The molecule has 0 radical (unpaired) electrons. The molecule has 5 heteroatoms. The summed E-state index contributed by atoms with van der Waals surface area (Å²) in [5.74, 6) is 0. The summed E-state index contributed by atoms with van der Waals surface area (Å²) >= 11 is 0. The van der Waals surface area contributed by atoms with E-state index in [9.17, 15) is 15.8 Å². The summed E-state index contributed by atoms with van der Waals surface area (Å²) in [4.78, 5) is 0. The number of nitriles is 3. The second kappa shape index (κ2) is 12.6. The fraction of sp³-hybridized carbons (Fsp3) is 0. The van der Waals surface area contributed by atoms with E-state index in [0.717, 1.165) is 43.8 Å². The molecule has 0 saturated heterocycles. The number of hydrogen-bond acceptors (Lipinski definition) is 3. The minimum absolute atomic E-state index is 0.538. The molecule has 4 nitrogen and oxygen atoms in total. The van der Waals surface area contributed by atoms with Crippen LogP contribution in [0.3, 0.4) is 0 Å². The first-order valence-electron chi connectivity index (χ1n) is 16.4. The standard InChI is InChI=1S/C45H28N4Si/c46-29-32-22-25-43-41(26-32)38-18-10-11-19-42(38)49(43)44-27-33(30-47)20-23-39(44)40-24-21-34(31-48)28-45(40)50(35-12-4-1-5-13-35,36-14-6-2-7-15-36)37-16-8-3-9-17-37/h1-28H. The Morgan fingerprint density at radius 3 is 1.44 bits per heavy atom. The molecule has 0 saturated carbocycles. The van der Waals surface area contributed by atoms with Crippen molar-refractivity contribution in [1.82, 2.24) is 4.57 Å². The van der Waals surface area contributed by atoms with Crippen LogP contribution in [-0.4, -0.2) is 12.6 Å². The van der Waals surface area contributed by atoms with E-state index in [1.54, 1.807) is 0 Å². The molecule has 0 bridgehead atoms. The van der Waals surface area contributed by atoms with Crippen LogP contribution in [0.15, 0.2) is 170 Å². The van der Waals surface area contributed by atoms with Gasteiger partial charge in [-0.05, 0) is 74.8 Å². The molecule has 50 heavy (non-hydrogen) atoms. The first kappa shape index (κ1) is 30.4. The van der Waals surface area contributed by atoms with E-state index in [2.05, 4.69) is 120 Å². The molecule has 7 aromatic carbocycles. The van der Waals surface area contributed by atoms with Gasteiger partial charge in [-0.2, -0.15) is 15.8 Å². The van der Waals surface area contributed by atoms with E-state index in [0.29, 0.717) is 16.7 Å². The number of fused-ring (bicyclic) bond motifs is 3. The van der Waals surface area contributed by atoms with Crippen molar-refractivity contribution in [2.75, 3.05) is 0 Å². The second-order valence-corrected chi connectivity index (χ2v) is 16.0. The second-order valence-electron chi connectivity index (χ2n) is 12.3. The monoisotopic (exact) mass is 652 g/mol. The Morgan fingerprint density at radius 2 is 0.860 bits per heavy atom. The lowest BCUT2D eigenvalue weighted by Gasteiger charge is -2.36. The van der Waals surface area contributed by atoms with Gasteiger partial charge in [-0.1, -0.05) is 121 Å². The Hall–Kier alpha value is -6.97. The highest BCUT2D eigenvalue weighted by Crippen LogP contribution is 2.37. The molecule has 0 spiro atoms. The molecule has 1 aromatic heterocycles. The first-order valence-corrected chi connectivity index (χ1v) is 18.4. The van der Waals surface area contributed by atoms with Crippen molar-refractivity contribution < 1.29 is 0 Å². The van der Waals surface area contributed by atoms with Gasteiger partial charge in [0.25, 0.3) is 0 Å². The molecular weight excluding hydrogens is 625 g/mol. The van der Waals surface area contributed by atoms with Crippen LogP contribution >= 0.6 is 0 Å². The lowest BCUT2D eigenvalue weighted by molar-refractivity contribution is 1.18. The number of rotatable bonds is 6. The van der Waals surface area contributed by atoms with Gasteiger partial charge in [-0.25, -0.2) is 0 Å². The van der Waals surface area contributed by atoms with Crippen molar-refractivity contribution in [2.24, 2.45) is 0 Å². The molecule has 0 atom stereocenters. The lowest BCUT2D eigenvalue weighted by Crippen LogP contribution is -2.75. The Kier molecular flexibility index (Phi) is 7.63. The summed E-state index contributed by atoms with van der Waals surface area (Å²) in [5, 5.41) is 37.0. The Morgan fingerprint density at radius 1 is 0.400 bits per heavy atom. The largest absolute Gasteiger partial charge is 0.309 e. The third kappa shape index (κ3) is 4.80. The molecule has 0 N–H and O–H groups in total. The maximum absolute atomic E-state index is 10.4. The summed E-state index contributed by atoms with van der Waals surface area (Å²) in [6, 6.07) is 65.0. The summed E-state index contributed by atoms with van der Waals surface area (Å²) in [7, 11) is -3.09. The molecule has 0 amide bonds.